The van der Waals surface area contributed by atoms with E-state index in [1.165, 1.54) is 4.88 Å². The van der Waals surface area contributed by atoms with Crippen molar-refractivity contribution in [3.8, 4) is 0 Å². The van der Waals surface area contributed by atoms with Crippen LogP contribution in [-0.2, 0) is 6.54 Å². The molecule has 0 fully saturated rings. The van der Waals surface area contributed by atoms with E-state index in [4.69, 9.17) is 5.73 Å². The van der Waals surface area contributed by atoms with Gasteiger partial charge in [-0.15, -0.1) is 11.3 Å². The van der Waals surface area contributed by atoms with Crippen molar-refractivity contribution in [3.05, 3.63) is 50.9 Å². The number of pyridine rings is 1. The molecule has 2 aromatic heterocycles. The highest BCUT2D eigenvalue weighted by molar-refractivity contribution is 9.10. The van der Waals surface area contributed by atoms with Crippen molar-refractivity contribution in [1.29, 1.82) is 0 Å². The molecule has 0 bridgehead atoms. The molecule has 0 aliphatic heterocycles. The van der Waals surface area contributed by atoms with Crippen LogP contribution in [0.15, 0.2) is 40.4 Å². The van der Waals surface area contributed by atoms with Crippen LogP contribution in [0.2, 0.25) is 0 Å². The molecule has 0 saturated heterocycles. The van der Waals surface area contributed by atoms with Gasteiger partial charge in [-0.05, 0) is 52.9 Å². The van der Waals surface area contributed by atoms with Gasteiger partial charge in [-0.25, -0.2) is 0 Å². The Hall–Kier alpha value is -0.750. The van der Waals surface area contributed by atoms with Gasteiger partial charge in [0, 0.05) is 46.9 Å². The third-order valence-electron chi connectivity index (χ3n) is 3.32. The Labute approximate surface area is 133 Å². The zero-order valence-electron chi connectivity index (χ0n) is 11.8. The first-order valence-electron chi connectivity index (χ1n) is 6.70. The number of aromatic nitrogens is 1. The largest absolute Gasteiger partial charge is 0.329 e. The molecule has 1 atom stereocenters. The molecule has 0 spiro atoms. The highest BCUT2D eigenvalue weighted by atomic mass is 79.9. The normalized spacial score (nSPS) is 13.1. The number of nitrogens with zero attached hydrogens (tertiary/aromatic N) is 2. The summed E-state index contributed by atoms with van der Waals surface area (Å²) in [6.07, 6.45) is 3.71. The van der Waals surface area contributed by atoms with Crippen molar-refractivity contribution in [3.63, 3.8) is 0 Å². The van der Waals surface area contributed by atoms with Crippen LogP contribution >= 0.6 is 27.3 Å². The molecule has 1 unspecified atom stereocenters. The number of hydrogen-bond acceptors (Lipinski definition) is 4. The summed E-state index contributed by atoms with van der Waals surface area (Å²) in [5.74, 6) is 0. The summed E-state index contributed by atoms with van der Waals surface area (Å²) in [6.45, 7) is 5.93. The lowest BCUT2D eigenvalue weighted by Gasteiger charge is -2.34. The van der Waals surface area contributed by atoms with Crippen molar-refractivity contribution in [2.75, 3.05) is 6.54 Å². The fraction of sp³-hybridized carbons (Fsp3) is 0.400. The van der Waals surface area contributed by atoms with Crippen LogP contribution in [0, 0.1) is 0 Å². The number of halogens is 1. The van der Waals surface area contributed by atoms with Crippen molar-refractivity contribution < 1.29 is 0 Å². The smallest absolute Gasteiger partial charge is 0.0492 e. The first-order valence-corrected chi connectivity index (χ1v) is 8.37. The van der Waals surface area contributed by atoms with E-state index in [0.29, 0.717) is 12.6 Å². The summed E-state index contributed by atoms with van der Waals surface area (Å²) in [6, 6.07) is 6.98. The van der Waals surface area contributed by atoms with Crippen molar-refractivity contribution in [2.45, 2.75) is 32.5 Å². The molecule has 20 heavy (non-hydrogen) atoms. The molecule has 0 aromatic carbocycles. The van der Waals surface area contributed by atoms with E-state index in [1.54, 1.807) is 17.5 Å². The summed E-state index contributed by atoms with van der Waals surface area (Å²) >= 11 is 5.27. The van der Waals surface area contributed by atoms with Gasteiger partial charge in [-0.1, -0.05) is 6.07 Å². The predicted octanol–water partition coefficient (Wildman–Crippen LogP) is 3.82. The molecular weight excluding hydrogens is 334 g/mol. The van der Waals surface area contributed by atoms with Gasteiger partial charge in [0.1, 0.15) is 0 Å². The zero-order valence-corrected chi connectivity index (χ0v) is 14.2. The molecule has 2 heterocycles. The van der Waals surface area contributed by atoms with Gasteiger partial charge in [-0.2, -0.15) is 0 Å². The lowest BCUT2D eigenvalue weighted by Crippen LogP contribution is -2.38. The topological polar surface area (TPSA) is 42.1 Å². The molecule has 0 aliphatic carbocycles. The fourth-order valence-electron chi connectivity index (χ4n) is 2.31. The highest BCUT2D eigenvalue weighted by Gasteiger charge is 2.22. The van der Waals surface area contributed by atoms with E-state index in [2.05, 4.69) is 63.2 Å². The molecule has 2 N–H and O–H groups in total. The highest BCUT2D eigenvalue weighted by Crippen LogP contribution is 2.26. The summed E-state index contributed by atoms with van der Waals surface area (Å²) in [4.78, 5) is 8.05. The summed E-state index contributed by atoms with van der Waals surface area (Å²) in [5, 5.41) is 2.12. The van der Waals surface area contributed by atoms with Crippen LogP contribution in [0.3, 0.4) is 0 Å². The van der Waals surface area contributed by atoms with Gasteiger partial charge in [0.05, 0.1) is 0 Å². The minimum atomic E-state index is 0.182. The molecule has 0 saturated carbocycles. The summed E-state index contributed by atoms with van der Waals surface area (Å²) < 4.78 is 0.994. The second-order valence-corrected chi connectivity index (χ2v) is 6.98. The molecule has 5 heteroatoms. The molecule has 0 radical (unpaired) electrons. The van der Waals surface area contributed by atoms with Crippen molar-refractivity contribution in [2.24, 2.45) is 5.73 Å². The molecule has 0 amide bonds. The minimum absolute atomic E-state index is 0.182. The van der Waals surface area contributed by atoms with Gasteiger partial charge in [0.15, 0.2) is 0 Å². The molecule has 2 rings (SSSR count). The molecule has 0 aliphatic rings. The van der Waals surface area contributed by atoms with E-state index < -0.39 is 0 Å². The number of hydrogen-bond donors (Lipinski definition) is 1. The van der Waals surface area contributed by atoms with Crippen LogP contribution in [0.4, 0.5) is 0 Å². The van der Waals surface area contributed by atoms with E-state index in [1.807, 2.05) is 6.20 Å². The lowest BCUT2D eigenvalue weighted by atomic mass is 10.1. The Morgan fingerprint density at radius 3 is 2.75 bits per heavy atom. The minimum Gasteiger partial charge on any atom is -0.329 e. The molecule has 2 aromatic rings. The van der Waals surface area contributed by atoms with E-state index >= 15 is 0 Å². The Balaban J connectivity index is 2.25. The predicted molar refractivity (Wildman–Crippen MR) is 88.7 cm³/mol. The number of thiophene rings is 1. The first kappa shape index (κ1) is 15.6. The third-order valence-corrected chi connectivity index (χ3v) is 4.61. The zero-order chi connectivity index (χ0) is 14.5. The fourth-order valence-corrected chi connectivity index (χ4v) is 3.40. The van der Waals surface area contributed by atoms with Gasteiger partial charge < -0.3 is 5.73 Å². The van der Waals surface area contributed by atoms with Crippen LogP contribution in [0.25, 0.3) is 0 Å². The second kappa shape index (κ2) is 7.31. The average Bonchev–Trinajstić information content (AvgIpc) is 2.91. The Morgan fingerprint density at radius 1 is 1.40 bits per heavy atom. The molecule has 108 valence electrons. The molecular formula is C15H20BrN3S. The maximum absolute atomic E-state index is 6.04. The molecule has 3 nitrogen and oxygen atoms in total. The van der Waals surface area contributed by atoms with E-state index in [9.17, 15) is 0 Å². The van der Waals surface area contributed by atoms with Gasteiger partial charge >= 0.3 is 0 Å². The lowest BCUT2D eigenvalue weighted by molar-refractivity contribution is 0.149. The monoisotopic (exact) mass is 353 g/mol. The number of rotatable bonds is 6. The Morgan fingerprint density at radius 2 is 2.20 bits per heavy atom. The van der Waals surface area contributed by atoms with Crippen LogP contribution in [0.5, 0.6) is 0 Å². The van der Waals surface area contributed by atoms with Crippen LogP contribution in [-0.4, -0.2) is 22.5 Å². The average molecular weight is 354 g/mol. The quantitative estimate of drug-likeness (QED) is 0.858. The second-order valence-electron chi connectivity index (χ2n) is 5.03. The Kier molecular flexibility index (Phi) is 5.72. The van der Waals surface area contributed by atoms with E-state index in [-0.39, 0.29) is 6.04 Å². The maximum Gasteiger partial charge on any atom is 0.0492 e. The Bertz CT molecular complexity index is 528. The van der Waals surface area contributed by atoms with Gasteiger partial charge in [0.25, 0.3) is 0 Å². The summed E-state index contributed by atoms with van der Waals surface area (Å²) in [5.41, 5.74) is 7.20. The third kappa shape index (κ3) is 3.88. The van der Waals surface area contributed by atoms with E-state index in [0.717, 1.165) is 16.6 Å². The number of nitrogens with two attached hydrogens (primary N) is 1. The first-order chi connectivity index (χ1) is 9.61. The van der Waals surface area contributed by atoms with Gasteiger partial charge in [-0.3, -0.25) is 9.88 Å². The van der Waals surface area contributed by atoms with Gasteiger partial charge in [0.2, 0.25) is 0 Å². The van der Waals surface area contributed by atoms with Crippen molar-refractivity contribution in [1.82, 2.24) is 9.88 Å². The van der Waals surface area contributed by atoms with Crippen LogP contribution < -0.4 is 5.73 Å². The SMILES string of the molecule is CC(C)N(Cc1cccs1)C(CN)c1cncc(Br)c1. The maximum atomic E-state index is 6.04. The van der Waals surface area contributed by atoms with Crippen molar-refractivity contribution >= 4 is 27.3 Å². The van der Waals surface area contributed by atoms with Crippen LogP contribution in [0.1, 0.15) is 30.3 Å². The summed E-state index contributed by atoms with van der Waals surface area (Å²) in [7, 11) is 0. The standard InChI is InChI=1S/C15H20BrN3S/c1-11(2)19(10-14-4-3-5-20-14)15(7-17)12-6-13(16)9-18-8-12/h3-6,8-9,11,15H,7,10,17H2,1-2H3.